The van der Waals surface area contributed by atoms with Gasteiger partial charge in [0.05, 0.1) is 5.69 Å². The number of nitrogens with zero attached hydrogens (tertiary/aromatic N) is 1. The molecule has 108 valence electrons. The third-order valence-electron chi connectivity index (χ3n) is 3.02. The lowest BCUT2D eigenvalue weighted by molar-refractivity contribution is 0.0949. The molecule has 0 aliphatic rings. The van der Waals surface area contributed by atoms with Crippen LogP contribution >= 0.6 is 0 Å². The van der Waals surface area contributed by atoms with Gasteiger partial charge in [-0.2, -0.15) is 0 Å². The van der Waals surface area contributed by atoms with Crippen molar-refractivity contribution >= 4 is 5.91 Å². The molecule has 1 aromatic heterocycles. The summed E-state index contributed by atoms with van der Waals surface area (Å²) in [5, 5.41) is 15.4. The molecule has 0 aliphatic heterocycles. The maximum Gasteiger partial charge on any atom is 0.257 e. The summed E-state index contributed by atoms with van der Waals surface area (Å²) in [5.41, 5.74) is 2.71. The number of amides is 1. The Bertz CT molecular complexity index is 688. The molecule has 0 atom stereocenters. The molecule has 5 nitrogen and oxygen atoms in total. The maximum atomic E-state index is 12.2. The molecular formula is C16H16N2O3. The van der Waals surface area contributed by atoms with E-state index in [9.17, 15) is 4.79 Å². The minimum absolute atomic E-state index is 0.195. The van der Waals surface area contributed by atoms with Crippen LogP contribution in [-0.4, -0.2) is 22.8 Å². The second kappa shape index (κ2) is 6.73. The number of nitrogens with one attached hydrogen (secondary N) is 1. The molecule has 21 heavy (non-hydrogen) atoms. The van der Waals surface area contributed by atoms with E-state index >= 15 is 0 Å². The maximum absolute atomic E-state index is 12.2. The second-order valence-electron chi connectivity index (χ2n) is 4.50. The molecule has 0 unspecified atom stereocenters. The summed E-state index contributed by atoms with van der Waals surface area (Å²) in [6.45, 7) is 3.58. The van der Waals surface area contributed by atoms with Crippen LogP contribution in [0, 0.1) is 25.7 Å². The highest BCUT2D eigenvalue weighted by Gasteiger charge is 2.17. The van der Waals surface area contributed by atoms with Crippen LogP contribution in [-0.2, 0) is 6.54 Å². The number of rotatable bonds is 3. The van der Waals surface area contributed by atoms with E-state index in [0.717, 1.165) is 11.1 Å². The fourth-order valence-electron chi connectivity index (χ4n) is 2.00. The molecule has 2 N–H and O–H groups in total. The van der Waals surface area contributed by atoms with Crippen LogP contribution in [0.15, 0.2) is 28.8 Å². The first kappa shape index (κ1) is 14.8. The molecular weight excluding hydrogens is 268 g/mol. The van der Waals surface area contributed by atoms with Gasteiger partial charge in [-0.05, 0) is 25.5 Å². The number of aryl methyl sites for hydroxylation is 2. The zero-order valence-corrected chi connectivity index (χ0v) is 11.9. The van der Waals surface area contributed by atoms with Gasteiger partial charge in [-0.1, -0.05) is 35.2 Å². The lowest BCUT2D eigenvalue weighted by Crippen LogP contribution is -2.24. The Morgan fingerprint density at radius 3 is 2.81 bits per heavy atom. The first-order chi connectivity index (χ1) is 10.1. The van der Waals surface area contributed by atoms with Crippen molar-refractivity contribution in [1.29, 1.82) is 0 Å². The van der Waals surface area contributed by atoms with Gasteiger partial charge in [0.2, 0.25) is 0 Å². The quantitative estimate of drug-likeness (QED) is 0.839. The molecule has 0 fully saturated rings. The van der Waals surface area contributed by atoms with Crippen LogP contribution in [0.2, 0.25) is 0 Å². The van der Waals surface area contributed by atoms with Crippen molar-refractivity contribution in [3.8, 4) is 11.8 Å². The van der Waals surface area contributed by atoms with Gasteiger partial charge < -0.3 is 14.9 Å². The van der Waals surface area contributed by atoms with Gasteiger partial charge in [0.15, 0.2) is 0 Å². The Morgan fingerprint density at radius 2 is 2.14 bits per heavy atom. The van der Waals surface area contributed by atoms with Crippen molar-refractivity contribution in [2.45, 2.75) is 20.4 Å². The Morgan fingerprint density at radius 1 is 1.38 bits per heavy atom. The minimum atomic E-state index is -0.226. The average Bonchev–Trinajstić information content (AvgIpc) is 2.82. The SMILES string of the molecule is Cc1noc(C)c1C(=O)NCc1ccccc1C#CCO. The number of hydrogen-bond acceptors (Lipinski definition) is 4. The fraction of sp³-hybridized carbons (Fsp3) is 0.250. The standard InChI is InChI=1S/C16H16N2O3/c1-11-15(12(2)21-18-11)16(20)17-10-14-7-4-3-6-13(14)8-5-9-19/h3-4,6-7,19H,9-10H2,1-2H3,(H,17,20). The van der Waals surface area contributed by atoms with Crippen LogP contribution < -0.4 is 5.32 Å². The third kappa shape index (κ3) is 3.50. The Labute approximate surface area is 123 Å². The van der Waals surface area contributed by atoms with E-state index in [4.69, 9.17) is 9.63 Å². The van der Waals surface area contributed by atoms with Gasteiger partial charge in [-0.25, -0.2) is 0 Å². The van der Waals surface area contributed by atoms with Crippen LogP contribution in [0.1, 0.15) is 32.9 Å². The zero-order chi connectivity index (χ0) is 15.2. The predicted octanol–water partition coefficient (Wildman–Crippen LogP) is 1.57. The van der Waals surface area contributed by atoms with E-state index in [-0.39, 0.29) is 12.5 Å². The first-order valence-electron chi connectivity index (χ1n) is 6.52. The van der Waals surface area contributed by atoms with E-state index < -0.39 is 0 Å². The Kier molecular flexibility index (Phi) is 4.75. The highest BCUT2D eigenvalue weighted by atomic mass is 16.5. The molecule has 1 amide bonds. The van der Waals surface area contributed by atoms with Crippen molar-refractivity contribution in [2.24, 2.45) is 0 Å². The van der Waals surface area contributed by atoms with E-state index in [2.05, 4.69) is 22.3 Å². The molecule has 0 spiro atoms. The smallest absolute Gasteiger partial charge is 0.257 e. The van der Waals surface area contributed by atoms with E-state index in [1.54, 1.807) is 13.8 Å². The van der Waals surface area contributed by atoms with Crippen molar-refractivity contribution in [3.05, 3.63) is 52.4 Å². The van der Waals surface area contributed by atoms with Crippen LogP contribution in [0.25, 0.3) is 0 Å². The highest BCUT2D eigenvalue weighted by molar-refractivity contribution is 5.96. The Hall–Kier alpha value is -2.58. The number of carbonyl (C=O) groups is 1. The summed E-state index contributed by atoms with van der Waals surface area (Å²) >= 11 is 0. The number of benzene rings is 1. The number of aromatic nitrogens is 1. The fourth-order valence-corrected chi connectivity index (χ4v) is 2.00. The van der Waals surface area contributed by atoms with Gasteiger partial charge in [0, 0.05) is 12.1 Å². The lowest BCUT2D eigenvalue weighted by atomic mass is 10.1. The number of carbonyl (C=O) groups excluding carboxylic acids is 1. The molecule has 2 rings (SSSR count). The molecule has 2 aromatic rings. The highest BCUT2D eigenvalue weighted by Crippen LogP contribution is 2.13. The molecule has 0 saturated carbocycles. The average molecular weight is 284 g/mol. The minimum Gasteiger partial charge on any atom is -0.384 e. The van der Waals surface area contributed by atoms with Crippen LogP contribution in [0.3, 0.4) is 0 Å². The number of aliphatic hydroxyl groups excluding tert-OH is 1. The van der Waals surface area contributed by atoms with Gasteiger partial charge in [-0.15, -0.1) is 0 Å². The van der Waals surface area contributed by atoms with Gasteiger partial charge in [0.1, 0.15) is 17.9 Å². The van der Waals surface area contributed by atoms with E-state index in [1.165, 1.54) is 0 Å². The molecule has 0 radical (unpaired) electrons. The topological polar surface area (TPSA) is 75.4 Å². The molecule has 0 aliphatic carbocycles. The number of aliphatic hydroxyl groups is 1. The summed E-state index contributed by atoms with van der Waals surface area (Å²) in [7, 11) is 0. The zero-order valence-electron chi connectivity index (χ0n) is 11.9. The van der Waals surface area contributed by atoms with Crippen molar-refractivity contribution in [3.63, 3.8) is 0 Å². The molecule has 1 aromatic carbocycles. The van der Waals surface area contributed by atoms with Crippen molar-refractivity contribution < 1.29 is 14.4 Å². The summed E-state index contributed by atoms with van der Waals surface area (Å²) in [6.07, 6.45) is 0. The van der Waals surface area contributed by atoms with Crippen molar-refractivity contribution in [1.82, 2.24) is 10.5 Å². The summed E-state index contributed by atoms with van der Waals surface area (Å²) in [6, 6.07) is 7.47. The molecule has 1 heterocycles. The van der Waals surface area contributed by atoms with Gasteiger partial charge in [0.25, 0.3) is 5.91 Å². The van der Waals surface area contributed by atoms with Gasteiger partial charge >= 0.3 is 0 Å². The molecule has 5 heteroatoms. The Balaban J connectivity index is 2.12. The largest absolute Gasteiger partial charge is 0.384 e. The first-order valence-corrected chi connectivity index (χ1v) is 6.52. The van der Waals surface area contributed by atoms with Crippen molar-refractivity contribution in [2.75, 3.05) is 6.61 Å². The van der Waals surface area contributed by atoms with Crippen LogP contribution in [0.4, 0.5) is 0 Å². The van der Waals surface area contributed by atoms with Gasteiger partial charge in [-0.3, -0.25) is 4.79 Å². The molecule has 0 bridgehead atoms. The number of hydrogen-bond donors (Lipinski definition) is 2. The van der Waals surface area contributed by atoms with E-state index in [1.807, 2.05) is 24.3 Å². The predicted molar refractivity (Wildman–Crippen MR) is 77.6 cm³/mol. The summed E-state index contributed by atoms with van der Waals surface area (Å²) in [4.78, 5) is 12.2. The summed E-state index contributed by atoms with van der Waals surface area (Å²) in [5.74, 6) is 5.74. The normalized spacial score (nSPS) is 9.86. The van der Waals surface area contributed by atoms with E-state index in [0.29, 0.717) is 23.6 Å². The van der Waals surface area contributed by atoms with Crippen LogP contribution in [0.5, 0.6) is 0 Å². The lowest BCUT2D eigenvalue weighted by Gasteiger charge is -2.07. The molecule has 0 saturated heterocycles. The monoisotopic (exact) mass is 284 g/mol. The second-order valence-corrected chi connectivity index (χ2v) is 4.50. The third-order valence-corrected chi connectivity index (χ3v) is 3.02. The summed E-state index contributed by atoms with van der Waals surface area (Å²) < 4.78 is 4.98.